The van der Waals surface area contributed by atoms with Crippen LogP contribution >= 0.6 is 12.4 Å². The zero-order valence-corrected chi connectivity index (χ0v) is 10.8. The fraction of sp³-hybridized carbons (Fsp3) is 0.462. The summed E-state index contributed by atoms with van der Waals surface area (Å²) >= 11 is 0. The van der Waals surface area contributed by atoms with Gasteiger partial charge in [0.1, 0.15) is 0 Å². The molecule has 1 aliphatic rings. The van der Waals surface area contributed by atoms with Gasteiger partial charge < -0.3 is 10.6 Å². The maximum absolute atomic E-state index is 12.0. The molecule has 0 aliphatic carbocycles. The van der Waals surface area contributed by atoms with Crippen molar-refractivity contribution in [2.75, 3.05) is 13.1 Å². The van der Waals surface area contributed by atoms with Gasteiger partial charge in [0.25, 0.3) is 5.91 Å². The van der Waals surface area contributed by atoms with Gasteiger partial charge in [0.2, 0.25) is 0 Å². The minimum Gasteiger partial charge on any atom is -0.348 e. The molecule has 1 heterocycles. The summed E-state index contributed by atoms with van der Waals surface area (Å²) in [5.74, 6) is 0.0480. The topological polar surface area (TPSA) is 41.1 Å². The summed E-state index contributed by atoms with van der Waals surface area (Å²) in [7, 11) is 0. The lowest BCUT2D eigenvalue weighted by molar-refractivity contribution is 0.0930. The molecule has 3 nitrogen and oxygen atoms in total. The molecule has 4 heteroatoms. The minimum absolute atomic E-state index is 0. The molecule has 1 fully saturated rings. The average molecular weight is 255 g/mol. The van der Waals surface area contributed by atoms with Crippen molar-refractivity contribution in [2.45, 2.75) is 25.8 Å². The van der Waals surface area contributed by atoms with Gasteiger partial charge in [-0.2, -0.15) is 0 Å². The van der Waals surface area contributed by atoms with Crippen LogP contribution in [0, 0.1) is 6.92 Å². The molecule has 2 rings (SSSR count). The van der Waals surface area contributed by atoms with Gasteiger partial charge in [-0.3, -0.25) is 4.79 Å². The van der Waals surface area contributed by atoms with Gasteiger partial charge in [-0.15, -0.1) is 12.4 Å². The zero-order chi connectivity index (χ0) is 11.4. The Morgan fingerprint density at radius 3 is 2.82 bits per heavy atom. The molecule has 0 aromatic heterocycles. The Morgan fingerprint density at radius 2 is 2.18 bits per heavy atom. The summed E-state index contributed by atoms with van der Waals surface area (Å²) in [6, 6.07) is 7.98. The molecule has 1 aliphatic heterocycles. The first-order valence-electron chi connectivity index (χ1n) is 5.84. The third-order valence-corrected chi connectivity index (χ3v) is 3.02. The Labute approximate surface area is 108 Å². The molecule has 1 atom stereocenters. The van der Waals surface area contributed by atoms with Crippen molar-refractivity contribution < 1.29 is 4.79 Å². The van der Waals surface area contributed by atoms with E-state index < -0.39 is 0 Å². The molecule has 1 saturated heterocycles. The highest BCUT2D eigenvalue weighted by Crippen LogP contribution is 2.08. The highest BCUT2D eigenvalue weighted by Gasteiger charge is 2.16. The summed E-state index contributed by atoms with van der Waals surface area (Å²) < 4.78 is 0. The number of piperidine rings is 1. The lowest BCUT2D eigenvalue weighted by Gasteiger charge is -2.24. The maximum Gasteiger partial charge on any atom is 0.251 e. The van der Waals surface area contributed by atoms with Crippen molar-refractivity contribution in [3.05, 3.63) is 35.4 Å². The standard InChI is InChI=1S/C13H18N2O.ClH/c1-10-5-2-3-7-12(10)13(16)15-11-6-4-8-14-9-11;/h2-3,5,7,11,14H,4,6,8-9H2,1H3,(H,15,16);1H/t11-;/m1./s1. The molecule has 94 valence electrons. The van der Waals surface area contributed by atoms with E-state index in [1.54, 1.807) is 0 Å². The summed E-state index contributed by atoms with van der Waals surface area (Å²) in [6.45, 7) is 3.92. The summed E-state index contributed by atoms with van der Waals surface area (Å²) in [4.78, 5) is 12.0. The maximum atomic E-state index is 12.0. The zero-order valence-electron chi connectivity index (χ0n) is 10.0. The van der Waals surface area contributed by atoms with Crippen LogP contribution in [-0.4, -0.2) is 25.0 Å². The molecule has 17 heavy (non-hydrogen) atoms. The molecule has 0 saturated carbocycles. The van der Waals surface area contributed by atoms with Crippen LogP contribution in [0.2, 0.25) is 0 Å². The van der Waals surface area contributed by atoms with Crippen LogP contribution in [0.5, 0.6) is 0 Å². The molecule has 0 unspecified atom stereocenters. The van der Waals surface area contributed by atoms with Crippen LogP contribution in [0.4, 0.5) is 0 Å². The van der Waals surface area contributed by atoms with Crippen LogP contribution in [0.25, 0.3) is 0 Å². The smallest absolute Gasteiger partial charge is 0.251 e. The Bertz CT molecular complexity index is 375. The van der Waals surface area contributed by atoms with E-state index >= 15 is 0 Å². The van der Waals surface area contributed by atoms with Crippen LogP contribution < -0.4 is 10.6 Å². The van der Waals surface area contributed by atoms with Crippen molar-refractivity contribution in [3.63, 3.8) is 0 Å². The first kappa shape index (κ1) is 14.0. The number of hydrogen-bond donors (Lipinski definition) is 2. The minimum atomic E-state index is 0. The molecule has 1 amide bonds. The first-order valence-corrected chi connectivity index (χ1v) is 5.84. The fourth-order valence-corrected chi connectivity index (χ4v) is 2.07. The SMILES string of the molecule is Cc1ccccc1C(=O)N[C@@H]1CCCNC1.Cl. The van der Waals surface area contributed by atoms with E-state index in [1.165, 1.54) is 0 Å². The monoisotopic (exact) mass is 254 g/mol. The number of benzene rings is 1. The largest absolute Gasteiger partial charge is 0.348 e. The average Bonchev–Trinajstić information content (AvgIpc) is 2.31. The fourth-order valence-electron chi connectivity index (χ4n) is 2.07. The summed E-state index contributed by atoms with van der Waals surface area (Å²) in [5.41, 5.74) is 1.82. The second-order valence-corrected chi connectivity index (χ2v) is 4.33. The van der Waals surface area contributed by atoms with E-state index in [-0.39, 0.29) is 24.4 Å². The number of halogens is 1. The van der Waals surface area contributed by atoms with Crippen LogP contribution in [0.1, 0.15) is 28.8 Å². The number of amides is 1. The van der Waals surface area contributed by atoms with Crippen LogP contribution in [0.15, 0.2) is 24.3 Å². The van der Waals surface area contributed by atoms with E-state index in [0.29, 0.717) is 0 Å². The summed E-state index contributed by atoms with van der Waals surface area (Å²) in [5, 5.41) is 6.37. The van der Waals surface area contributed by atoms with E-state index in [0.717, 1.165) is 37.1 Å². The van der Waals surface area contributed by atoms with E-state index in [2.05, 4.69) is 10.6 Å². The number of hydrogen-bond acceptors (Lipinski definition) is 2. The van der Waals surface area contributed by atoms with Gasteiger partial charge >= 0.3 is 0 Å². The predicted molar refractivity (Wildman–Crippen MR) is 71.8 cm³/mol. The van der Waals surface area contributed by atoms with Crippen molar-refractivity contribution in [1.82, 2.24) is 10.6 Å². The Hall–Kier alpha value is -1.06. The number of aryl methyl sites for hydroxylation is 1. The molecular weight excluding hydrogens is 236 g/mol. The number of carbonyl (C=O) groups excluding carboxylic acids is 1. The second kappa shape index (κ2) is 6.62. The van der Waals surface area contributed by atoms with Crippen molar-refractivity contribution in [1.29, 1.82) is 0 Å². The highest BCUT2D eigenvalue weighted by atomic mass is 35.5. The van der Waals surface area contributed by atoms with Crippen LogP contribution in [0.3, 0.4) is 0 Å². The molecule has 2 N–H and O–H groups in total. The van der Waals surface area contributed by atoms with Gasteiger partial charge in [0, 0.05) is 18.2 Å². The van der Waals surface area contributed by atoms with Gasteiger partial charge in [0.15, 0.2) is 0 Å². The van der Waals surface area contributed by atoms with Gasteiger partial charge in [-0.1, -0.05) is 18.2 Å². The van der Waals surface area contributed by atoms with Crippen molar-refractivity contribution in [2.24, 2.45) is 0 Å². The highest BCUT2D eigenvalue weighted by molar-refractivity contribution is 5.95. The van der Waals surface area contributed by atoms with Gasteiger partial charge in [-0.25, -0.2) is 0 Å². The number of carbonyl (C=O) groups is 1. The molecule has 1 aromatic rings. The number of nitrogens with one attached hydrogen (secondary N) is 2. The molecule has 0 bridgehead atoms. The van der Waals surface area contributed by atoms with Crippen molar-refractivity contribution in [3.8, 4) is 0 Å². The van der Waals surface area contributed by atoms with Crippen molar-refractivity contribution >= 4 is 18.3 Å². The van der Waals surface area contributed by atoms with Gasteiger partial charge in [-0.05, 0) is 37.9 Å². The van der Waals surface area contributed by atoms with Crippen LogP contribution in [-0.2, 0) is 0 Å². The van der Waals surface area contributed by atoms with Gasteiger partial charge in [0.05, 0.1) is 0 Å². The quantitative estimate of drug-likeness (QED) is 0.847. The van der Waals surface area contributed by atoms with E-state index in [4.69, 9.17) is 0 Å². The Morgan fingerprint density at radius 1 is 1.41 bits per heavy atom. The molecular formula is C13H19ClN2O. The third kappa shape index (κ3) is 3.72. The van der Waals surface area contributed by atoms with E-state index in [1.807, 2.05) is 31.2 Å². The third-order valence-electron chi connectivity index (χ3n) is 3.02. The number of rotatable bonds is 2. The normalized spacial score (nSPS) is 19.2. The lowest BCUT2D eigenvalue weighted by Crippen LogP contribution is -2.45. The first-order chi connectivity index (χ1) is 7.77. The summed E-state index contributed by atoms with van der Waals surface area (Å²) in [6.07, 6.45) is 2.21. The Balaban J connectivity index is 0.00000144. The molecule has 0 spiro atoms. The van der Waals surface area contributed by atoms with E-state index in [9.17, 15) is 4.79 Å². The Kier molecular flexibility index (Phi) is 5.45. The molecule has 1 aromatic carbocycles. The second-order valence-electron chi connectivity index (χ2n) is 4.33. The molecule has 0 radical (unpaired) electrons. The predicted octanol–water partition coefficient (Wildman–Crippen LogP) is 1.90. The lowest BCUT2D eigenvalue weighted by atomic mass is 10.1.